The Morgan fingerprint density at radius 2 is 1.33 bits per heavy atom. The first-order chi connectivity index (χ1) is 20.8. The molecule has 0 amide bonds. The van der Waals surface area contributed by atoms with E-state index in [0.717, 1.165) is 51.3 Å². The summed E-state index contributed by atoms with van der Waals surface area (Å²) in [6.45, 7) is 5.22. The van der Waals surface area contributed by atoms with Gasteiger partial charge < -0.3 is 14.0 Å². The van der Waals surface area contributed by atoms with Crippen LogP contribution in [-0.2, 0) is 13.2 Å². The molecule has 2 heterocycles. The van der Waals surface area contributed by atoms with Gasteiger partial charge in [-0.15, -0.1) is 0 Å². The molecule has 1 aliphatic rings. The minimum atomic E-state index is 0.516. The zero-order chi connectivity index (χ0) is 28.6. The molecule has 42 heavy (non-hydrogen) atoms. The normalized spacial score (nSPS) is 13.9. The molecule has 0 saturated carbocycles. The maximum absolute atomic E-state index is 10.2. The van der Waals surface area contributed by atoms with Crippen LogP contribution in [0.3, 0.4) is 0 Å². The molecule has 1 fully saturated rings. The van der Waals surface area contributed by atoms with E-state index in [1.165, 1.54) is 38.8 Å². The molecular weight excluding hydrogens is 518 g/mol. The molecule has 0 atom stereocenters. The standard InChI is InChI=1S/C37H37N3O2/c38-26-35-34-12-6-7-13-36(34)40(37(35)31-16-20-33(21-17-31)42-28-30-10-4-3-5-11-30)27-29-14-18-32(19-15-29)41-25-24-39-22-8-1-2-9-23-39/h3-7,10-21H,1-2,8-9,22-25,27-28H2. The molecule has 1 aliphatic heterocycles. The van der Waals surface area contributed by atoms with Crippen molar-refractivity contribution in [1.82, 2.24) is 9.47 Å². The largest absolute Gasteiger partial charge is 0.492 e. The number of ether oxygens (including phenoxy) is 2. The van der Waals surface area contributed by atoms with Gasteiger partial charge in [-0.25, -0.2) is 0 Å². The number of fused-ring (bicyclic) bond motifs is 1. The molecule has 5 nitrogen and oxygen atoms in total. The van der Waals surface area contributed by atoms with E-state index in [4.69, 9.17) is 9.47 Å². The topological polar surface area (TPSA) is 50.4 Å². The highest BCUT2D eigenvalue weighted by Gasteiger charge is 2.19. The lowest BCUT2D eigenvalue weighted by atomic mass is 10.1. The predicted molar refractivity (Wildman–Crippen MR) is 169 cm³/mol. The van der Waals surface area contributed by atoms with Gasteiger partial charge in [0.1, 0.15) is 30.8 Å². The average Bonchev–Trinajstić information content (AvgIpc) is 3.15. The van der Waals surface area contributed by atoms with E-state index >= 15 is 0 Å². The fourth-order valence-electron chi connectivity index (χ4n) is 5.86. The van der Waals surface area contributed by atoms with Crippen LogP contribution in [0.5, 0.6) is 11.5 Å². The molecule has 5 aromatic rings. The van der Waals surface area contributed by atoms with Crippen molar-refractivity contribution >= 4 is 10.9 Å². The third-order valence-corrected chi connectivity index (χ3v) is 8.10. The SMILES string of the molecule is N#Cc1c(-c2ccc(OCc3ccccc3)cc2)n(Cc2ccc(OCCN3CCCCCC3)cc2)c2ccccc12. The number of nitriles is 1. The maximum atomic E-state index is 10.2. The number of likely N-dealkylation sites (tertiary alicyclic amines) is 1. The fourth-order valence-corrected chi connectivity index (χ4v) is 5.86. The van der Waals surface area contributed by atoms with Crippen LogP contribution in [0.4, 0.5) is 0 Å². The van der Waals surface area contributed by atoms with Gasteiger partial charge in [0.05, 0.1) is 16.8 Å². The summed E-state index contributed by atoms with van der Waals surface area (Å²) >= 11 is 0. The van der Waals surface area contributed by atoms with Gasteiger partial charge in [0.25, 0.3) is 0 Å². The molecule has 0 N–H and O–H groups in total. The predicted octanol–water partition coefficient (Wildman–Crippen LogP) is 8.06. The van der Waals surface area contributed by atoms with Crippen molar-refractivity contribution in [2.45, 2.75) is 38.8 Å². The Labute approximate surface area is 248 Å². The zero-order valence-corrected chi connectivity index (χ0v) is 24.0. The average molecular weight is 556 g/mol. The van der Waals surface area contributed by atoms with Crippen LogP contribution in [-0.4, -0.2) is 35.7 Å². The summed E-state index contributed by atoms with van der Waals surface area (Å²) in [5, 5.41) is 11.2. The van der Waals surface area contributed by atoms with Crippen LogP contribution in [0.25, 0.3) is 22.2 Å². The molecule has 0 bridgehead atoms. The molecule has 4 aromatic carbocycles. The second-order valence-electron chi connectivity index (χ2n) is 11.0. The summed E-state index contributed by atoms with van der Waals surface area (Å²) in [6.07, 6.45) is 5.29. The molecule has 1 aromatic heterocycles. The maximum Gasteiger partial charge on any atom is 0.119 e. The van der Waals surface area contributed by atoms with E-state index in [0.29, 0.717) is 25.3 Å². The van der Waals surface area contributed by atoms with Crippen molar-refractivity contribution in [3.05, 3.63) is 120 Å². The van der Waals surface area contributed by atoms with Crippen molar-refractivity contribution in [2.75, 3.05) is 26.2 Å². The minimum absolute atomic E-state index is 0.516. The van der Waals surface area contributed by atoms with Gasteiger partial charge in [0, 0.05) is 18.5 Å². The first-order valence-electron chi connectivity index (χ1n) is 15.0. The van der Waals surface area contributed by atoms with Crippen LogP contribution >= 0.6 is 0 Å². The quantitative estimate of drug-likeness (QED) is 0.175. The van der Waals surface area contributed by atoms with Crippen LogP contribution < -0.4 is 9.47 Å². The van der Waals surface area contributed by atoms with Crippen molar-refractivity contribution in [1.29, 1.82) is 5.26 Å². The van der Waals surface area contributed by atoms with Gasteiger partial charge in [-0.1, -0.05) is 73.5 Å². The number of rotatable bonds is 10. The van der Waals surface area contributed by atoms with Crippen molar-refractivity contribution in [3.8, 4) is 28.8 Å². The Morgan fingerprint density at radius 1 is 0.667 bits per heavy atom. The lowest BCUT2D eigenvalue weighted by molar-refractivity contribution is 0.214. The lowest BCUT2D eigenvalue weighted by Gasteiger charge is -2.19. The number of hydrogen-bond donors (Lipinski definition) is 0. The molecule has 0 unspecified atom stereocenters. The monoisotopic (exact) mass is 555 g/mol. The molecule has 0 radical (unpaired) electrons. The van der Waals surface area contributed by atoms with Crippen LogP contribution in [0.15, 0.2) is 103 Å². The molecule has 5 heteroatoms. The molecule has 212 valence electrons. The number of para-hydroxylation sites is 1. The number of aromatic nitrogens is 1. The number of benzene rings is 4. The first kappa shape index (κ1) is 27.6. The summed E-state index contributed by atoms with van der Waals surface area (Å²) in [4.78, 5) is 2.52. The third kappa shape index (κ3) is 6.51. The fraction of sp³-hybridized carbons (Fsp3) is 0.270. The van der Waals surface area contributed by atoms with E-state index in [1.807, 2.05) is 60.7 Å². The highest BCUT2D eigenvalue weighted by Crippen LogP contribution is 2.35. The molecule has 0 spiro atoms. The van der Waals surface area contributed by atoms with Gasteiger partial charge in [-0.05, 0) is 85.1 Å². The Hall–Kier alpha value is -4.53. The summed E-state index contributed by atoms with van der Waals surface area (Å²) < 4.78 is 14.4. The summed E-state index contributed by atoms with van der Waals surface area (Å²) in [5.74, 6) is 1.70. The number of nitrogens with zero attached hydrogens (tertiary/aromatic N) is 3. The zero-order valence-electron chi connectivity index (χ0n) is 24.0. The van der Waals surface area contributed by atoms with E-state index in [2.05, 4.69) is 58.0 Å². The van der Waals surface area contributed by atoms with Crippen molar-refractivity contribution in [3.63, 3.8) is 0 Å². The van der Waals surface area contributed by atoms with Gasteiger partial charge in [0.15, 0.2) is 0 Å². The van der Waals surface area contributed by atoms with Crippen LogP contribution in [0.1, 0.15) is 42.4 Å². The van der Waals surface area contributed by atoms with Gasteiger partial charge >= 0.3 is 0 Å². The molecular formula is C37H37N3O2. The highest BCUT2D eigenvalue weighted by molar-refractivity contribution is 5.94. The lowest BCUT2D eigenvalue weighted by Crippen LogP contribution is -2.29. The van der Waals surface area contributed by atoms with E-state index < -0.39 is 0 Å². The van der Waals surface area contributed by atoms with Crippen LogP contribution in [0.2, 0.25) is 0 Å². The van der Waals surface area contributed by atoms with Crippen molar-refractivity contribution in [2.24, 2.45) is 0 Å². The van der Waals surface area contributed by atoms with E-state index in [-0.39, 0.29) is 0 Å². The molecule has 1 saturated heterocycles. The Morgan fingerprint density at radius 3 is 2.07 bits per heavy atom. The summed E-state index contributed by atoms with van der Waals surface area (Å²) in [5.41, 5.74) is 5.93. The highest BCUT2D eigenvalue weighted by atomic mass is 16.5. The van der Waals surface area contributed by atoms with Gasteiger partial charge in [0.2, 0.25) is 0 Å². The summed E-state index contributed by atoms with van der Waals surface area (Å²) in [7, 11) is 0. The van der Waals surface area contributed by atoms with Gasteiger partial charge in [-0.2, -0.15) is 5.26 Å². The molecule has 6 rings (SSSR count). The molecule has 0 aliphatic carbocycles. The Balaban J connectivity index is 1.19. The second-order valence-corrected chi connectivity index (χ2v) is 11.0. The van der Waals surface area contributed by atoms with E-state index in [1.54, 1.807) is 0 Å². The minimum Gasteiger partial charge on any atom is -0.492 e. The van der Waals surface area contributed by atoms with Crippen LogP contribution in [0, 0.1) is 11.3 Å². The number of hydrogen-bond acceptors (Lipinski definition) is 4. The first-order valence-corrected chi connectivity index (χ1v) is 15.0. The Bertz CT molecular complexity index is 1630. The van der Waals surface area contributed by atoms with E-state index in [9.17, 15) is 5.26 Å². The summed E-state index contributed by atoms with van der Waals surface area (Å²) in [6, 6.07) is 37.3. The Kier molecular flexibility index (Phi) is 8.83. The second kappa shape index (κ2) is 13.4. The third-order valence-electron chi connectivity index (χ3n) is 8.10. The van der Waals surface area contributed by atoms with Gasteiger partial charge in [-0.3, -0.25) is 4.90 Å². The smallest absolute Gasteiger partial charge is 0.119 e. The van der Waals surface area contributed by atoms with Crippen molar-refractivity contribution < 1.29 is 9.47 Å².